The van der Waals surface area contributed by atoms with Gasteiger partial charge in [-0.15, -0.1) is 0 Å². The van der Waals surface area contributed by atoms with Gasteiger partial charge in [0.05, 0.1) is 4.90 Å². The molecular formula is C8H8BrNO2S. The summed E-state index contributed by atoms with van der Waals surface area (Å²) < 4.78 is 22.1. The van der Waals surface area contributed by atoms with E-state index in [1.54, 1.807) is 29.3 Å². The van der Waals surface area contributed by atoms with Crippen LogP contribution in [0, 0.1) is 0 Å². The average Bonchev–Trinajstić information content (AvgIpc) is 2.04. The quantitative estimate of drug-likeness (QED) is 0.881. The Balaban J connectivity index is 3.37. The first kappa shape index (κ1) is 10.4. The lowest BCUT2D eigenvalue weighted by molar-refractivity contribution is 0.597. The van der Waals surface area contributed by atoms with Crippen LogP contribution >= 0.6 is 15.9 Å². The van der Waals surface area contributed by atoms with Gasteiger partial charge < -0.3 is 0 Å². The highest BCUT2D eigenvalue weighted by atomic mass is 79.9. The van der Waals surface area contributed by atoms with Crippen molar-refractivity contribution >= 4 is 32.0 Å². The van der Waals surface area contributed by atoms with Gasteiger partial charge in [0.2, 0.25) is 10.0 Å². The zero-order chi connectivity index (χ0) is 9.90. The number of hydrogen-bond acceptors (Lipinski definition) is 2. The van der Waals surface area contributed by atoms with Crippen molar-refractivity contribution in [2.45, 2.75) is 4.90 Å². The Morgan fingerprint density at radius 1 is 1.31 bits per heavy atom. The number of nitrogens with two attached hydrogens (primary N) is 1. The monoisotopic (exact) mass is 261 g/mol. The highest BCUT2D eigenvalue weighted by Gasteiger charge is 2.10. The lowest BCUT2D eigenvalue weighted by Crippen LogP contribution is -2.13. The summed E-state index contributed by atoms with van der Waals surface area (Å²) in [5, 5.41) is 5.01. The van der Waals surface area contributed by atoms with E-state index in [2.05, 4.69) is 15.9 Å². The van der Waals surface area contributed by atoms with Crippen molar-refractivity contribution in [3.05, 3.63) is 34.8 Å². The van der Waals surface area contributed by atoms with E-state index in [0.717, 1.165) is 0 Å². The number of hydrogen-bond donors (Lipinski definition) is 1. The molecule has 2 N–H and O–H groups in total. The zero-order valence-electron chi connectivity index (χ0n) is 6.64. The molecule has 0 unspecified atom stereocenters. The van der Waals surface area contributed by atoms with Crippen LogP contribution in [0.5, 0.6) is 0 Å². The highest BCUT2D eigenvalue weighted by Crippen LogP contribution is 2.15. The van der Waals surface area contributed by atoms with E-state index >= 15 is 0 Å². The van der Waals surface area contributed by atoms with Crippen molar-refractivity contribution in [1.29, 1.82) is 0 Å². The van der Waals surface area contributed by atoms with Crippen molar-refractivity contribution < 1.29 is 8.42 Å². The average molecular weight is 262 g/mol. The molecule has 70 valence electrons. The molecule has 0 aliphatic carbocycles. The molecule has 5 heteroatoms. The second-order valence-electron chi connectivity index (χ2n) is 2.38. The lowest BCUT2D eigenvalue weighted by atomic mass is 10.2. The Morgan fingerprint density at radius 3 is 2.46 bits per heavy atom. The predicted molar refractivity (Wildman–Crippen MR) is 55.8 cm³/mol. The predicted octanol–water partition coefficient (Wildman–Crippen LogP) is 1.70. The van der Waals surface area contributed by atoms with E-state index in [1.165, 1.54) is 6.07 Å². The van der Waals surface area contributed by atoms with E-state index in [9.17, 15) is 8.42 Å². The Kier molecular flexibility index (Phi) is 3.24. The molecule has 1 aromatic carbocycles. The normalized spacial score (nSPS) is 12.2. The van der Waals surface area contributed by atoms with Crippen LogP contribution in [-0.4, -0.2) is 8.42 Å². The number of halogens is 1. The van der Waals surface area contributed by atoms with E-state index in [4.69, 9.17) is 5.14 Å². The highest BCUT2D eigenvalue weighted by molar-refractivity contribution is 9.11. The van der Waals surface area contributed by atoms with Gasteiger partial charge in [0.25, 0.3) is 0 Å². The molecule has 0 amide bonds. The molecule has 0 aromatic heterocycles. The van der Waals surface area contributed by atoms with Crippen LogP contribution in [0.3, 0.4) is 0 Å². The van der Waals surface area contributed by atoms with Gasteiger partial charge in [0.15, 0.2) is 0 Å². The van der Waals surface area contributed by atoms with Crippen molar-refractivity contribution in [2.24, 2.45) is 5.14 Å². The topological polar surface area (TPSA) is 60.2 Å². The number of primary sulfonamides is 1. The molecule has 0 spiro atoms. The van der Waals surface area contributed by atoms with Crippen LogP contribution in [-0.2, 0) is 10.0 Å². The van der Waals surface area contributed by atoms with Gasteiger partial charge in [0, 0.05) is 0 Å². The fraction of sp³-hybridized carbons (Fsp3) is 0. The van der Waals surface area contributed by atoms with Gasteiger partial charge in [-0.1, -0.05) is 34.1 Å². The fourth-order valence-corrected chi connectivity index (χ4v) is 1.96. The number of rotatable bonds is 2. The molecular weight excluding hydrogens is 254 g/mol. The molecule has 0 aliphatic rings. The molecule has 1 aromatic rings. The first-order valence-corrected chi connectivity index (χ1v) is 5.90. The van der Waals surface area contributed by atoms with E-state index < -0.39 is 10.0 Å². The molecule has 0 fully saturated rings. The molecule has 0 aliphatic heterocycles. The first-order chi connectivity index (χ1) is 6.05. The van der Waals surface area contributed by atoms with Crippen molar-refractivity contribution in [3.8, 4) is 0 Å². The Bertz CT molecular complexity index is 426. The maximum absolute atomic E-state index is 11.1. The summed E-state index contributed by atoms with van der Waals surface area (Å²) >= 11 is 3.07. The third-order valence-corrected chi connectivity index (χ3v) is 2.72. The summed E-state index contributed by atoms with van der Waals surface area (Å²) in [5.74, 6) is 0. The number of sulfonamides is 1. The van der Waals surface area contributed by atoms with Gasteiger partial charge in [-0.2, -0.15) is 0 Å². The third-order valence-electron chi connectivity index (χ3n) is 1.47. The smallest absolute Gasteiger partial charge is 0.225 e. The molecule has 0 atom stereocenters. The molecule has 0 bridgehead atoms. The van der Waals surface area contributed by atoms with E-state index in [0.29, 0.717) is 5.56 Å². The lowest BCUT2D eigenvalue weighted by Gasteiger charge is -2.01. The maximum Gasteiger partial charge on any atom is 0.238 e. The van der Waals surface area contributed by atoms with Gasteiger partial charge in [-0.05, 0) is 22.7 Å². The van der Waals surface area contributed by atoms with Gasteiger partial charge in [-0.3, -0.25) is 0 Å². The zero-order valence-corrected chi connectivity index (χ0v) is 9.05. The molecule has 0 radical (unpaired) electrons. The fourth-order valence-electron chi connectivity index (χ4n) is 0.945. The van der Waals surface area contributed by atoms with Crippen LogP contribution in [0.25, 0.3) is 6.08 Å². The second-order valence-corrected chi connectivity index (χ2v) is 4.43. The Morgan fingerprint density at radius 2 is 1.92 bits per heavy atom. The summed E-state index contributed by atoms with van der Waals surface area (Å²) in [4.78, 5) is 1.71. The summed E-state index contributed by atoms with van der Waals surface area (Å²) in [6, 6.07) is 6.53. The minimum Gasteiger partial charge on any atom is -0.225 e. The summed E-state index contributed by atoms with van der Waals surface area (Å²) in [6.07, 6.45) is 1.62. The van der Waals surface area contributed by atoms with Crippen LogP contribution in [0.1, 0.15) is 5.56 Å². The van der Waals surface area contributed by atoms with Crippen LogP contribution < -0.4 is 5.14 Å². The molecule has 0 saturated heterocycles. The minimum absolute atomic E-state index is 0.130. The van der Waals surface area contributed by atoms with Crippen molar-refractivity contribution in [1.82, 2.24) is 0 Å². The summed E-state index contributed by atoms with van der Waals surface area (Å²) in [6.45, 7) is 0. The van der Waals surface area contributed by atoms with Gasteiger partial charge in [0.1, 0.15) is 0 Å². The number of benzene rings is 1. The molecule has 0 heterocycles. The summed E-state index contributed by atoms with van der Waals surface area (Å²) in [5.41, 5.74) is 0.571. The standard InChI is InChI=1S/C8H8BrNO2S/c9-6-5-7-3-1-2-4-8(7)13(10,11)12/h1-6H,(H2,10,11,12). The Labute approximate surface area is 85.4 Å². The first-order valence-electron chi connectivity index (χ1n) is 3.44. The molecule has 1 rings (SSSR count). The van der Waals surface area contributed by atoms with E-state index in [1.807, 2.05) is 0 Å². The van der Waals surface area contributed by atoms with Crippen molar-refractivity contribution in [3.63, 3.8) is 0 Å². The SMILES string of the molecule is NS(=O)(=O)c1ccccc1C=CBr. The maximum atomic E-state index is 11.1. The van der Waals surface area contributed by atoms with Gasteiger partial charge >= 0.3 is 0 Å². The largest absolute Gasteiger partial charge is 0.238 e. The Hall–Kier alpha value is -0.650. The van der Waals surface area contributed by atoms with Crippen LogP contribution in [0.2, 0.25) is 0 Å². The van der Waals surface area contributed by atoms with E-state index in [-0.39, 0.29) is 4.90 Å². The molecule has 13 heavy (non-hydrogen) atoms. The molecule has 0 saturated carbocycles. The molecule has 3 nitrogen and oxygen atoms in total. The summed E-state index contributed by atoms with van der Waals surface area (Å²) in [7, 11) is -3.63. The van der Waals surface area contributed by atoms with Gasteiger partial charge in [-0.25, -0.2) is 13.6 Å². The second kappa shape index (κ2) is 4.04. The van der Waals surface area contributed by atoms with Crippen LogP contribution in [0.15, 0.2) is 34.1 Å². The third kappa shape index (κ3) is 2.65. The van der Waals surface area contributed by atoms with Crippen LogP contribution in [0.4, 0.5) is 0 Å². The van der Waals surface area contributed by atoms with Crippen molar-refractivity contribution in [2.75, 3.05) is 0 Å². The minimum atomic E-state index is -3.63.